The van der Waals surface area contributed by atoms with Gasteiger partial charge in [-0.05, 0) is 36.4 Å². The zero-order valence-corrected chi connectivity index (χ0v) is 9.73. The van der Waals surface area contributed by atoms with E-state index in [4.69, 9.17) is 4.42 Å². The van der Waals surface area contributed by atoms with Crippen molar-refractivity contribution in [3.63, 3.8) is 0 Å². The number of hydrogen-bond donors (Lipinski definition) is 1. The molecule has 0 fully saturated rings. The second-order valence-corrected chi connectivity index (χ2v) is 4.26. The predicted octanol–water partition coefficient (Wildman–Crippen LogP) is 1.98. The van der Waals surface area contributed by atoms with Gasteiger partial charge in [0.2, 0.25) is 5.89 Å². The van der Waals surface area contributed by atoms with Crippen LogP contribution in [0.1, 0.15) is 24.5 Å². The van der Waals surface area contributed by atoms with E-state index in [9.17, 15) is 5.11 Å². The van der Waals surface area contributed by atoms with E-state index < -0.39 is 6.10 Å². The fourth-order valence-corrected chi connectivity index (χ4v) is 1.88. The number of aliphatic hydroxyl groups is 1. The summed E-state index contributed by atoms with van der Waals surface area (Å²) in [6.45, 7) is 3.44. The Morgan fingerprint density at radius 2 is 2.25 bits per heavy atom. The normalized spacial score (nSPS) is 12.7. The molecule has 1 N–H and O–H groups in total. The van der Waals surface area contributed by atoms with Crippen LogP contribution in [0, 0.1) is 6.92 Å². The first kappa shape index (κ1) is 11.1. The van der Waals surface area contributed by atoms with E-state index in [1.807, 2.05) is 0 Å². The van der Waals surface area contributed by atoms with Crippen molar-refractivity contribution in [2.24, 2.45) is 0 Å². The topological polar surface area (TPSA) is 72.0 Å². The highest BCUT2D eigenvalue weighted by atomic mass is 32.2. The van der Waals surface area contributed by atoms with Crippen LogP contribution in [0.25, 0.3) is 0 Å². The standard InChI is InChI=1S/C10H11N3O2S/c1-6(14)8-3-4-11-9(5-8)16-10-13-12-7(2)15-10/h3-6,14H,1-2H3/t6-/m1/s1. The van der Waals surface area contributed by atoms with E-state index in [1.165, 1.54) is 11.8 Å². The Labute approximate surface area is 96.9 Å². The van der Waals surface area contributed by atoms with Gasteiger partial charge in [0.05, 0.1) is 6.10 Å². The van der Waals surface area contributed by atoms with E-state index in [1.54, 1.807) is 32.2 Å². The summed E-state index contributed by atoms with van der Waals surface area (Å²) < 4.78 is 5.23. The van der Waals surface area contributed by atoms with Gasteiger partial charge in [0.25, 0.3) is 5.22 Å². The van der Waals surface area contributed by atoms with Crippen molar-refractivity contribution < 1.29 is 9.52 Å². The van der Waals surface area contributed by atoms with E-state index >= 15 is 0 Å². The van der Waals surface area contributed by atoms with Crippen molar-refractivity contribution in [2.45, 2.75) is 30.2 Å². The fourth-order valence-electron chi connectivity index (χ4n) is 1.15. The summed E-state index contributed by atoms with van der Waals surface area (Å²) in [5, 5.41) is 18.2. The van der Waals surface area contributed by atoms with Gasteiger partial charge in [-0.1, -0.05) is 0 Å². The second kappa shape index (κ2) is 4.63. The van der Waals surface area contributed by atoms with Gasteiger partial charge >= 0.3 is 0 Å². The van der Waals surface area contributed by atoms with Gasteiger partial charge in [-0.2, -0.15) is 0 Å². The van der Waals surface area contributed by atoms with Gasteiger partial charge in [0.1, 0.15) is 5.03 Å². The van der Waals surface area contributed by atoms with Gasteiger partial charge in [-0.3, -0.25) is 0 Å². The minimum atomic E-state index is -0.508. The van der Waals surface area contributed by atoms with Crippen LogP contribution in [-0.2, 0) is 0 Å². The molecular weight excluding hydrogens is 226 g/mol. The quantitative estimate of drug-likeness (QED) is 0.880. The Morgan fingerprint density at radius 3 is 2.88 bits per heavy atom. The monoisotopic (exact) mass is 237 g/mol. The van der Waals surface area contributed by atoms with Gasteiger partial charge in [0.15, 0.2) is 0 Å². The maximum atomic E-state index is 9.43. The Hall–Kier alpha value is -1.40. The molecule has 84 valence electrons. The summed E-state index contributed by atoms with van der Waals surface area (Å²) >= 11 is 1.28. The maximum Gasteiger partial charge on any atom is 0.282 e. The van der Waals surface area contributed by atoms with E-state index in [2.05, 4.69) is 15.2 Å². The molecule has 1 atom stereocenters. The molecule has 0 saturated heterocycles. The highest BCUT2D eigenvalue weighted by Gasteiger charge is 2.08. The molecule has 2 aromatic heterocycles. The molecule has 2 aromatic rings. The molecular formula is C10H11N3O2S. The third-order valence-electron chi connectivity index (χ3n) is 1.94. The lowest BCUT2D eigenvalue weighted by Crippen LogP contribution is -1.92. The summed E-state index contributed by atoms with van der Waals surface area (Å²) in [7, 11) is 0. The summed E-state index contributed by atoms with van der Waals surface area (Å²) in [4.78, 5) is 4.15. The summed E-state index contributed by atoms with van der Waals surface area (Å²) in [6.07, 6.45) is 1.14. The first-order valence-corrected chi connectivity index (χ1v) is 5.59. The van der Waals surface area contributed by atoms with Gasteiger partial charge in [-0.15, -0.1) is 10.2 Å². The number of aliphatic hydroxyl groups excluding tert-OH is 1. The molecule has 0 radical (unpaired) electrons. The zero-order chi connectivity index (χ0) is 11.5. The molecule has 0 aliphatic carbocycles. The van der Waals surface area contributed by atoms with Gasteiger partial charge in [-0.25, -0.2) is 4.98 Å². The molecule has 0 saturated carbocycles. The van der Waals surface area contributed by atoms with E-state index in [0.29, 0.717) is 11.1 Å². The molecule has 0 aromatic carbocycles. The van der Waals surface area contributed by atoms with Crippen LogP contribution in [0.15, 0.2) is 33.0 Å². The lowest BCUT2D eigenvalue weighted by atomic mass is 10.2. The third kappa shape index (κ3) is 2.59. The number of aromatic nitrogens is 3. The molecule has 16 heavy (non-hydrogen) atoms. The molecule has 0 aliphatic rings. The van der Waals surface area contributed by atoms with E-state index in [-0.39, 0.29) is 0 Å². The minimum absolute atomic E-state index is 0.452. The van der Waals surface area contributed by atoms with Crippen LogP contribution in [0.5, 0.6) is 0 Å². The first-order chi connectivity index (χ1) is 7.65. The molecule has 0 amide bonds. The van der Waals surface area contributed by atoms with Gasteiger partial charge in [0, 0.05) is 13.1 Å². The predicted molar refractivity (Wildman–Crippen MR) is 58.0 cm³/mol. The minimum Gasteiger partial charge on any atom is -0.416 e. The molecule has 0 unspecified atom stereocenters. The highest BCUT2D eigenvalue weighted by molar-refractivity contribution is 7.99. The Kier molecular flexibility index (Phi) is 3.21. The first-order valence-electron chi connectivity index (χ1n) is 4.77. The van der Waals surface area contributed by atoms with Crippen LogP contribution >= 0.6 is 11.8 Å². The molecule has 6 heteroatoms. The second-order valence-electron chi connectivity index (χ2n) is 3.29. The van der Waals surface area contributed by atoms with Crippen molar-refractivity contribution in [1.29, 1.82) is 0 Å². The van der Waals surface area contributed by atoms with Crippen molar-refractivity contribution in [3.8, 4) is 0 Å². The number of nitrogens with zero attached hydrogens (tertiary/aromatic N) is 3. The lowest BCUT2D eigenvalue weighted by Gasteiger charge is -2.04. The molecule has 5 nitrogen and oxygen atoms in total. The number of rotatable bonds is 3. The van der Waals surface area contributed by atoms with E-state index in [0.717, 1.165) is 10.6 Å². The lowest BCUT2D eigenvalue weighted by molar-refractivity contribution is 0.199. The summed E-state index contributed by atoms with van der Waals surface area (Å²) in [5.74, 6) is 0.522. The summed E-state index contributed by atoms with van der Waals surface area (Å²) in [6, 6.07) is 3.57. The Balaban J connectivity index is 2.18. The van der Waals surface area contributed by atoms with Crippen molar-refractivity contribution in [1.82, 2.24) is 15.2 Å². The average molecular weight is 237 g/mol. The molecule has 0 spiro atoms. The van der Waals surface area contributed by atoms with Crippen LogP contribution in [0.4, 0.5) is 0 Å². The number of aryl methyl sites for hydroxylation is 1. The van der Waals surface area contributed by atoms with Crippen molar-refractivity contribution >= 4 is 11.8 Å². The van der Waals surface area contributed by atoms with Crippen LogP contribution in [0.3, 0.4) is 0 Å². The average Bonchev–Trinajstić information content (AvgIpc) is 2.64. The van der Waals surface area contributed by atoms with Crippen molar-refractivity contribution in [3.05, 3.63) is 29.8 Å². The highest BCUT2D eigenvalue weighted by Crippen LogP contribution is 2.26. The summed E-state index contributed by atoms with van der Waals surface area (Å²) in [5.41, 5.74) is 0.814. The number of hydrogen-bond acceptors (Lipinski definition) is 6. The van der Waals surface area contributed by atoms with Crippen molar-refractivity contribution in [2.75, 3.05) is 0 Å². The third-order valence-corrected chi connectivity index (χ3v) is 2.71. The molecule has 2 rings (SSSR count). The van der Waals surface area contributed by atoms with Crippen LogP contribution in [0.2, 0.25) is 0 Å². The molecule has 0 aliphatic heterocycles. The Bertz CT molecular complexity index is 484. The van der Waals surface area contributed by atoms with Gasteiger partial charge < -0.3 is 9.52 Å². The SMILES string of the molecule is Cc1nnc(Sc2cc([C@@H](C)O)ccn2)o1. The maximum absolute atomic E-state index is 9.43. The number of pyridine rings is 1. The Morgan fingerprint density at radius 1 is 1.44 bits per heavy atom. The zero-order valence-electron chi connectivity index (χ0n) is 8.91. The molecule has 0 bridgehead atoms. The van der Waals surface area contributed by atoms with Crippen LogP contribution in [-0.4, -0.2) is 20.3 Å². The smallest absolute Gasteiger partial charge is 0.282 e. The molecule has 2 heterocycles. The largest absolute Gasteiger partial charge is 0.416 e. The fraction of sp³-hybridized carbons (Fsp3) is 0.300. The van der Waals surface area contributed by atoms with Crippen LogP contribution < -0.4 is 0 Å².